The average molecular weight is 361 g/mol. The van der Waals surface area contributed by atoms with Gasteiger partial charge >= 0.3 is 0 Å². The van der Waals surface area contributed by atoms with E-state index in [1.807, 2.05) is 30.3 Å². The normalized spacial score (nSPS) is 19.9. The number of aliphatic hydroxyl groups is 1. The van der Waals surface area contributed by atoms with Crippen LogP contribution >= 0.6 is 0 Å². The van der Waals surface area contributed by atoms with E-state index in [2.05, 4.69) is 15.3 Å². The van der Waals surface area contributed by atoms with Crippen molar-refractivity contribution in [2.24, 2.45) is 5.92 Å². The van der Waals surface area contributed by atoms with Crippen molar-refractivity contribution in [3.63, 3.8) is 0 Å². The number of nitrogens with zero attached hydrogens (tertiary/aromatic N) is 2. The average Bonchev–Trinajstić information content (AvgIpc) is 2.69. The highest BCUT2D eigenvalue weighted by atomic mass is 16.3. The molecular formula is C21H19N3O3. The van der Waals surface area contributed by atoms with Crippen LogP contribution in [0.15, 0.2) is 61.1 Å². The van der Waals surface area contributed by atoms with Crippen LogP contribution in [0.3, 0.4) is 0 Å². The van der Waals surface area contributed by atoms with Crippen molar-refractivity contribution in [2.75, 3.05) is 0 Å². The first kappa shape index (κ1) is 17.3. The molecule has 0 saturated heterocycles. The van der Waals surface area contributed by atoms with Gasteiger partial charge in [-0.3, -0.25) is 19.6 Å². The molecule has 3 aromatic rings. The van der Waals surface area contributed by atoms with Gasteiger partial charge in [0.15, 0.2) is 0 Å². The largest absolute Gasteiger partial charge is 0.393 e. The fourth-order valence-electron chi connectivity index (χ4n) is 3.47. The quantitative estimate of drug-likeness (QED) is 0.538. The number of nitrogens with one attached hydrogen (secondary N) is 1. The highest BCUT2D eigenvalue weighted by molar-refractivity contribution is 6.42. The van der Waals surface area contributed by atoms with Crippen LogP contribution in [0.2, 0.25) is 0 Å². The topological polar surface area (TPSA) is 92.2 Å². The molecule has 2 aromatic heterocycles. The van der Waals surface area contributed by atoms with Crippen molar-refractivity contribution >= 4 is 22.6 Å². The molecule has 6 nitrogen and oxygen atoms in total. The maximum absolute atomic E-state index is 12.5. The molecule has 6 heteroatoms. The van der Waals surface area contributed by atoms with Gasteiger partial charge in [0.1, 0.15) is 0 Å². The van der Waals surface area contributed by atoms with Crippen molar-refractivity contribution in [1.82, 2.24) is 15.3 Å². The molecule has 0 radical (unpaired) electrons. The lowest BCUT2D eigenvalue weighted by Crippen LogP contribution is -2.43. The number of pyridine rings is 2. The molecule has 27 heavy (non-hydrogen) atoms. The van der Waals surface area contributed by atoms with Crippen LogP contribution in [0.5, 0.6) is 0 Å². The molecule has 0 aliphatic heterocycles. The van der Waals surface area contributed by atoms with Gasteiger partial charge in [0.25, 0.3) is 11.7 Å². The first-order valence-electron chi connectivity index (χ1n) is 8.90. The van der Waals surface area contributed by atoms with Crippen LogP contribution in [0.1, 0.15) is 34.8 Å². The summed E-state index contributed by atoms with van der Waals surface area (Å²) in [4.78, 5) is 33.3. The predicted octanol–water partition coefficient (Wildman–Crippen LogP) is 2.44. The maximum Gasteiger partial charge on any atom is 0.292 e. The van der Waals surface area contributed by atoms with E-state index < -0.39 is 11.7 Å². The van der Waals surface area contributed by atoms with E-state index in [1.54, 1.807) is 24.5 Å². The van der Waals surface area contributed by atoms with Gasteiger partial charge in [0, 0.05) is 29.5 Å². The monoisotopic (exact) mass is 361 g/mol. The summed E-state index contributed by atoms with van der Waals surface area (Å²) >= 11 is 0. The van der Waals surface area contributed by atoms with Crippen LogP contribution in [-0.4, -0.2) is 32.9 Å². The summed E-state index contributed by atoms with van der Waals surface area (Å²) in [6.45, 7) is 0. The zero-order valence-corrected chi connectivity index (χ0v) is 14.6. The Morgan fingerprint density at radius 3 is 2.67 bits per heavy atom. The van der Waals surface area contributed by atoms with Gasteiger partial charge in [-0.15, -0.1) is 0 Å². The number of fused-ring (bicyclic) bond motifs is 1. The van der Waals surface area contributed by atoms with E-state index in [0.717, 1.165) is 16.5 Å². The molecule has 136 valence electrons. The van der Waals surface area contributed by atoms with Crippen molar-refractivity contribution in [3.8, 4) is 0 Å². The van der Waals surface area contributed by atoms with E-state index >= 15 is 0 Å². The molecule has 0 spiro atoms. The van der Waals surface area contributed by atoms with Crippen LogP contribution in [0, 0.1) is 5.92 Å². The van der Waals surface area contributed by atoms with Crippen LogP contribution in [-0.2, 0) is 4.79 Å². The van der Waals surface area contributed by atoms with E-state index in [4.69, 9.17) is 0 Å². The minimum absolute atomic E-state index is 0.0635. The lowest BCUT2D eigenvalue weighted by Gasteiger charge is -2.38. The Morgan fingerprint density at radius 2 is 1.93 bits per heavy atom. The molecule has 1 saturated carbocycles. The van der Waals surface area contributed by atoms with E-state index in [-0.39, 0.29) is 23.6 Å². The van der Waals surface area contributed by atoms with Gasteiger partial charge in [-0.1, -0.05) is 18.2 Å². The molecule has 0 unspecified atom stereocenters. The maximum atomic E-state index is 12.5. The lowest BCUT2D eigenvalue weighted by atomic mass is 9.75. The zero-order valence-electron chi connectivity index (χ0n) is 14.6. The van der Waals surface area contributed by atoms with Crippen molar-refractivity contribution in [1.29, 1.82) is 0 Å². The highest BCUT2D eigenvalue weighted by Gasteiger charge is 2.36. The third-order valence-corrected chi connectivity index (χ3v) is 5.01. The smallest absolute Gasteiger partial charge is 0.292 e. The molecule has 2 N–H and O–H groups in total. The van der Waals surface area contributed by atoms with Crippen LogP contribution in [0.4, 0.5) is 0 Å². The summed E-state index contributed by atoms with van der Waals surface area (Å²) in [5.74, 6) is -1.24. The van der Waals surface area contributed by atoms with Crippen molar-refractivity contribution in [2.45, 2.75) is 25.0 Å². The van der Waals surface area contributed by atoms with Crippen molar-refractivity contribution < 1.29 is 14.7 Å². The third-order valence-electron chi connectivity index (χ3n) is 5.01. The van der Waals surface area contributed by atoms with Gasteiger partial charge in [-0.05, 0) is 48.6 Å². The van der Waals surface area contributed by atoms with Crippen molar-refractivity contribution in [3.05, 3.63) is 72.2 Å². The fraction of sp³-hybridized carbons (Fsp3) is 0.238. The first-order valence-corrected chi connectivity index (χ1v) is 8.90. The minimum Gasteiger partial charge on any atom is -0.393 e. The van der Waals surface area contributed by atoms with Gasteiger partial charge in [0.2, 0.25) is 0 Å². The second-order valence-electron chi connectivity index (χ2n) is 6.87. The number of carbonyl (C=O) groups is 2. The number of aromatic nitrogens is 2. The molecule has 1 aromatic carbocycles. The number of amides is 1. The van der Waals surface area contributed by atoms with E-state index in [1.165, 1.54) is 6.20 Å². The SMILES string of the molecule is O=C(N[C@@H](c1cnc2ccccc2c1)C1CC(O)C1)C(=O)c1cccnc1. The molecule has 1 fully saturated rings. The number of hydrogen-bond donors (Lipinski definition) is 2. The second-order valence-corrected chi connectivity index (χ2v) is 6.87. The van der Waals surface area contributed by atoms with Gasteiger partial charge in [-0.2, -0.15) is 0 Å². The van der Waals surface area contributed by atoms with Gasteiger partial charge in [-0.25, -0.2) is 0 Å². The summed E-state index contributed by atoms with van der Waals surface area (Å²) in [7, 11) is 0. The summed E-state index contributed by atoms with van der Waals surface area (Å²) in [5.41, 5.74) is 1.95. The van der Waals surface area contributed by atoms with Gasteiger partial charge in [0.05, 0.1) is 17.7 Å². The predicted molar refractivity (Wildman–Crippen MR) is 99.9 cm³/mol. The standard InChI is InChI=1S/C21H19N3O3/c25-17-9-15(10-17)19(16-8-13-4-1-2-6-18(13)23-12-16)24-21(27)20(26)14-5-3-7-22-11-14/h1-8,11-12,15,17,19,25H,9-10H2,(H,24,27)/t15?,17?,19-/m1/s1. The molecule has 0 bridgehead atoms. The third kappa shape index (κ3) is 3.57. The molecule has 4 rings (SSSR count). The second kappa shape index (κ2) is 7.25. The number of rotatable bonds is 5. The number of Topliss-reactive ketones (excluding diaryl/α,β-unsaturated/α-hetero) is 1. The number of hydrogen-bond acceptors (Lipinski definition) is 5. The summed E-state index contributed by atoms with van der Waals surface area (Å²) in [5, 5.41) is 13.5. The molecular weight excluding hydrogens is 342 g/mol. The van der Waals surface area contributed by atoms with E-state index in [0.29, 0.717) is 12.8 Å². The lowest BCUT2D eigenvalue weighted by molar-refractivity contribution is -0.118. The molecule has 1 atom stereocenters. The Bertz CT molecular complexity index is 984. The Balaban J connectivity index is 1.61. The molecule has 1 aliphatic carbocycles. The zero-order chi connectivity index (χ0) is 18.8. The Kier molecular flexibility index (Phi) is 4.64. The molecule has 2 heterocycles. The molecule has 1 aliphatic rings. The van der Waals surface area contributed by atoms with E-state index in [9.17, 15) is 14.7 Å². The minimum atomic E-state index is -0.678. The number of benzene rings is 1. The van der Waals surface area contributed by atoms with Crippen LogP contribution in [0.25, 0.3) is 10.9 Å². The van der Waals surface area contributed by atoms with Crippen LogP contribution < -0.4 is 5.32 Å². The summed E-state index contributed by atoms with van der Waals surface area (Å²) in [6.07, 6.45) is 5.46. The summed E-state index contributed by atoms with van der Waals surface area (Å²) < 4.78 is 0. The number of aliphatic hydroxyl groups excluding tert-OH is 1. The number of para-hydroxylation sites is 1. The number of ketones is 1. The molecule has 1 amide bonds. The fourth-order valence-corrected chi connectivity index (χ4v) is 3.47. The number of carbonyl (C=O) groups excluding carboxylic acids is 2. The Morgan fingerprint density at radius 1 is 1.11 bits per heavy atom. The first-order chi connectivity index (χ1) is 13.1. The van der Waals surface area contributed by atoms with Gasteiger partial charge < -0.3 is 10.4 Å². The summed E-state index contributed by atoms with van der Waals surface area (Å²) in [6, 6.07) is 12.5. The Hall–Kier alpha value is -3.12. The highest BCUT2D eigenvalue weighted by Crippen LogP contribution is 2.38. The Labute approximate surface area is 156 Å².